The zero-order chi connectivity index (χ0) is 26.7. The average molecular weight is 524 g/mol. The van der Waals surface area contributed by atoms with E-state index in [1.807, 2.05) is 26.0 Å². The van der Waals surface area contributed by atoms with E-state index in [4.69, 9.17) is 11.5 Å². The van der Waals surface area contributed by atoms with Crippen molar-refractivity contribution in [1.82, 2.24) is 9.69 Å². The summed E-state index contributed by atoms with van der Waals surface area (Å²) in [4.78, 5) is 41.2. The van der Waals surface area contributed by atoms with Crippen molar-refractivity contribution in [3.05, 3.63) is 75.5 Å². The summed E-state index contributed by atoms with van der Waals surface area (Å²) in [5, 5.41) is 3.11. The second kappa shape index (κ2) is 11.1. The summed E-state index contributed by atoms with van der Waals surface area (Å²) in [5.74, 6) is -2.30. The van der Waals surface area contributed by atoms with E-state index in [1.54, 1.807) is 6.07 Å². The number of nitrogen functional groups attached to an aromatic ring is 1. The van der Waals surface area contributed by atoms with Crippen molar-refractivity contribution in [1.29, 1.82) is 0 Å². The molecule has 1 saturated carbocycles. The summed E-state index contributed by atoms with van der Waals surface area (Å²) in [6.45, 7) is 3.77. The SMILES string of the molecule is Cc1ccc(N(C(=O)c2snc(C(N)=O)c2N)[C@H](C(=O)NC2CCCCC2)c2ccc(F)cc2)c(C)c1. The van der Waals surface area contributed by atoms with Gasteiger partial charge in [-0.25, -0.2) is 4.39 Å². The van der Waals surface area contributed by atoms with Crippen LogP contribution in [0.4, 0.5) is 15.8 Å². The second-order valence-corrected chi connectivity index (χ2v) is 10.2. The summed E-state index contributed by atoms with van der Waals surface area (Å²) >= 11 is 0.748. The molecule has 0 bridgehead atoms. The van der Waals surface area contributed by atoms with Crippen LogP contribution in [-0.2, 0) is 4.79 Å². The molecule has 3 aromatic rings. The molecule has 37 heavy (non-hydrogen) atoms. The molecule has 1 heterocycles. The highest BCUT2D eigenvalue weighted by Gasteiger charge is 2.37. The fourth-order valence-corrected chi connectivity index (χ4v) is 5.51. The number of benzene rings is 2. The lowest BCUT2D eigenvalue weighted by atomic mass is 9.94. The zero-order valence-electron chi connectivity index (χ0n) is 20.8. The first-order valence-electron chi connectivity index (χ1n) is 12.2. The zero-order valence-corrected chi connectivity index (χ0v) is 21.6. The summed E-state index contributed by atoms with van der Waals surface area (Å²) in [7, 11) is 0. The van der Waals surface area contributed by atoms with Gasteiger partial charge in [0.2, 0.25) is 5.91 Å². The van der Waals surface area contributed by atoms with Crippen LogP contribution in [0.25, 0.3) is 0 Å². The van der Waals surface area contributed by atoms with Crippen LogP contribution in [0.2, 0.25) is 0 Å². The maximum absolute atomic E-state index is 14.1. The van der Waals surface area contributed by atoms with Gasteiger partial charge in [-0.2, -0.15) is 4.37 Å². The van der Waals surface area contributed by atoms with Crippen molar-refractivity contribution in [2.75, 3.05) is 10.6 Å². The summed E-state index contributed by atoms with van der Waals surface area (Å²) in [5.41, 5.74) is 13.8. The van der Waals surface area contributed by atoms with Gasteiger partial charge in [-0.05, 0) is 67.5 Å². The number of aryl methyl sites for hydroxylation is 2. The highest BCUT2D eigenvalue weighted by Crippen LogP contribution is 2.35. The monoisotopic (exact) mass is 523 g/mol. The Balaban J connectivity index is 1.87. The third kappa shape index (κ3) is 5.64. The van der Waals surface area contributed by atoms with Crippen LogP contribution in [0.15, 0.2) is 42.5 Å². The van der Waals surface area contributed by atoms with E-state index in [0.29, 0.717) is 11.3 Å². The number of halogens is 1. The molecule has 194 valence electrons. The van der Waals surface area contributed by atoms with Crippen molar-refractivity contribution >= 4 is 40.6 Å². The largest absolute Gasteiger partial charge is 0.395 e. The Morgan fingerprint density at radius 2 is 1.76 bits per heavy atom. The van der Waals surface area contributed by atoms with Crippen LogP contribution in [0.3, 0.4) is 0 Å². The minimum Gasteiger partial charge on any atom is -0.395 e. The van der Waals surface area contributed by atoms with Gasteiger partial charge in [0.25, 0.3) is 11.8 Å². The van der Waals surface area contributed by atoms with Gasteiger partial charge in [-0.1, -0.05) is 49.1 Å². The lowest BCUT2D eigenvalue weighted by molar-refractivity contribution is -0.123. The highest BCUT2D eigenvalue weighted by atomic mass is 32.1. The third-order valence-electron chi connectivity index (χ3n) is 6.63. The summed E-state index contributed by atoms with van der Waals surface area (Å²) in [6, 6.07) is 9.87. The number of nitrogens with zero attached hydrogens (tertiary/aromatic N) is 2. The quantitative estimate of drug-likeness (QED) is 0.422. The fourth-order valence-electron chi connectivity index (χ4n) is 4.77. The number of nitrogens with one attached hydrogen (secondary N) is 1. The number of aromatic nitrogens is 1. The Kier molecular flexibility index (Phi) is 7.87. The van der Waals surface area contributed by atoms with E-state index in [2.05, 4.69) is 9.69 Å². The maximum atomic E-state index is 14.1. The number of rotatable bonds is 7. The molecule has 2 aromatic carbocycles. The number of anilines is 2. The average Bonchev–Trinajstić information content (AvgIpc) is 3.25. The summed E-state index contributed by atoms with van der Waals surface area (Å²) in [6.07, 6.45) is 4.85. The van der Waals surface area contributed by atoms with Crippen LogP contribution in [0.5, 0.6) is 0 Å². The molecule has 1 atom stereocenters. The second-order valence-electron chi connectivity index (χ2n) is 9.40. The van der Waals surface area contributed by atoms with E-state index in [9.17, 15) is 18.8 Å². The molecule has 0 spiro atoms. The molecule has 3 amide bonds. The van der Waals surface area contributed by atoms with Crippen molar-refractivity contribution in [3.8, 4) is 0 Å². The molecular formula is C27H30FN5O3S. The molecule has 10 heteroatoms. The number of primary amides is 1. The van der Waals surface area contributed by atoms with Crippen LogP contribution in [0.1, 0.15) is 75.0 Å². The van der Waals surface area contributed by atoms with E-state index >= 15 is 0 Å². The van der Waals surface area contributed by atoms with Gasteiger partial charge >= 0.3 is 0 Å². The van der Waals surface area contributed by atoms with Gasteiger partial charge in [0, 0.05) is 11.7 Å². The molecule has 0 saturated heterocycles. The predicted octanol–water partition coefficient (Wildman–Crippen LogP) is 4.42. The van der Waals surface area contributed by atoms with E-state index in [1.165, 1.54) is 29.2 Å². The van der Waals surface area contributed by atoms with Crippen molar-refractivity contribution in [3.63, 3.8) is 0 Å². The van der Waals surface area contributed by atoms with Crippen molar-refractivity contribution in [2.24, 2.45) is 5.73 Å². The number of hydrogen-bond donors (Lipinski definition) is 3. The van der Waals surface area contributed by atoms with Crippen LogP contribution in [0, 0.1) is 19.7 Å². The summed E-state index contributed by atoms with van der Waals surface area (Å²) < 4.78 is 17.8. The minimum atomic E-state index is -1.13. The molecule has 1 fully saturated rings. The highest BCUT2D eigenvalue weighted by molar-refractivity contribution is 7.09. The van der Waals surface area contributed by atoms with Crippen molar-refractivity contribution < 1.29 is 18.8 Å². The minimum absolute atomic E-state index is 0.00801. The van der Waals surface area contributed by atoms with Gasteiger partial charge in [-0.3, -0.25) is 19.3 Å². The standard InChI is InChI=1S/C27H30FN5O3S/c1-15-8-13-20(16(2)14-15)33(27(36)24-21(29)22(25(30)34)32-37-24)23(17-9-11-18(28)12-10-17)26(35)31-19-6-4-3-5-7-19/h8-14,19,23H,3-7,29H2,1-2H3,(H2,30,34)(H,31,35)/t23-/m0/s1. The molecular weight excluding hydrogens is 493 g/mol. The first kappa shape index (κ1) is 26.3. The van der Waals surface area contributed by atoms with E-state index in [0.717, 1.165) is 54.8 Å². The normalized spacial score (nSPS) is 14.7. The Morgan fingerprint density at radius 3 is 2.35 bits per heavy atom. The first-order valence-corrected chi connectivity index (χ1v) is 13.0. The Morgan fingerprint density at radius 1 is 1.08 bits per heavy atom. The third-order valence-corrected chi connectivity index (χ3v) is 7.48. The van der Waals surface area contributed by atoms with Crippen LogP contribution >= 0.6 is 11.5 Å². The molecule has 1 aromatic heterocycles. The van der Waals surface area contributed by atoms with Gasteiger partial charge in [0.05, 0.1) is 5.69 Å². The lowest BCUT2D eigenvalue weighted by Gasteiger charge is -2.34. The first-order chi connectivity index (χ1) is 17.7. The molecule has 5 N–H and O–H groups in total. The van der Waals surface area contributed by atoms with Crippen molar-refractivity contribution in [2.45, 2.75) is 58.0 Å². The smallest absolute Gasteiger partial charge is 0.273 e. The number of carbonyl (C=O) groups excluding carboxylic acids is 3. The number of amides is 3. The molecule has 4 rings (SSSR count). The Labute approximate surface area is 219 Å². The van der Waals surface area contributed by atoms with Gasteiger partial charge in [0.15, 0.2) is 5.69 Å². The molecule has 1 aliphatic rings. The lowest BCUT2D eigenvalue weighted by Crippen LogP contribution is -2.47. The van der Waals surface area contributed by atoms with Gasteiger partial charge < -0.3 is 16.8 Å². The number of carbonyl (C=O) groups is 3. The molecule has 8 nitrogen and oxygen atoms in total. The van der Waals surface area contributed by atoms with E-state index < -0.39 is 23.7 Å². The molecule has 0 aliphatic heterocycles. The predicted molar refractivity (Wildman–Crippen MR) is 142 cm³/mol. The maximum Gasteiger partial charge on any atom is 0.273 e. The van der Waals surface area contributed by atoms with Crippen LogP contribution < -0.4 is 21.7 Å². The van der Waals surface area contributed by atoms with Crippen LogP contribution in [-0.4, -0.2) is 28.1 Å². The van der Waals surface area contributed by atoms with E-state index in [-0.39, 0.29) is 28.2 Å². The molecule has 0 radical (unpaired) electrons. The number of nitrogens with two attached hydrogens (primary N) is 2. The Hall–Kier alpha value is -3.79. The topological polar surface area (TPSA) is 131 Å². The Bertz CT molecular complexity index is 1320. The van der Waals surface area contributed by atoms with Gasteiger partial charge in [-0.15, -0.1) is 0 Å². The molecule has 0 unspecified atom stereocenters. The number of hydrogen-bond acceptors (Lipinski definition) is 6. The van der Waals surface area contributed by atoms with Gasteiger partial charge in [0.1, 0.15) is 16.7 Å². The molecule has 1 aliphatic carbocycles. The fraction of sp³-hybridized carbons (Fsp3) is 0.333.